The third kappa shape index (κ3) is 1.95. The molecule has 0 aliphatic carbocycles. The first-order chi connectivity index (χ1) is 5.63. The second-order valence-corrected chi connectivity index (χ2v) is 2.79. The smallest absolute Gasteiger partial charge is 0.251 e. The van der Waals surface area contributed by atoms with Crippen LogP contribution in [0.15, 0.2) is 12.1 Å². The molecule has 4 heteroatoms. The van der Waals surface area contributed by atoms with E-state index in [4.69, 9.17) is 11.6 Å². The SMILES string of the molecule is CNC(=O)c1cc(C)nc(Cl)c1. The summed E-state index contributed by atoms with van der Waals surface area (Å²) >= 11 is 5.66. The summed E-state index contributed by atoms with van der Waals surface area (Å²) < 4.78 is 0. The van der Waals surface area contributed by atoms with Crippen molar-refractivity contribution in [3.8, 4) is 0 Å². The molecule has 0 radical (unpaired) electrons. The minimum atomic E-state index is -0.151. The van der Waals surface area contributed by atoms with Crippen molar-refractivity contribution in [2.24, 2.45) is 0 Å². The Hall–Kier alpha value is -1.09. The molecule has 0 saturated heterocycles. The van der Waals surface area contributed by atoms with Gasteiger partial charge >= 0.3 is 0 Å². The lowest BCUT2D eigenvalue weighted by atomic mass is 10.2. The maximum absolute atomic E-state index is 11.1. The van der Waals surface area contributed by atoms with Crippen molar-refractivity contribution in [1.29, 1.82) is 0 Å². The van der Waals surface area contributed by atoms with E-state index in [1.807, 2.05) is 0 Å². The summed E-state index contributed by atoms with van der Waals surface area (Å²) in [6.07, 6.45) is 0. The Morgan fingerprint density at radius 2 is 2.25 bits per heavy atom. The van der Waals surface area contributed by atoms with Crippen molar-refractivity contribution < 1.29 is 4.79 Å². The summed E-state index contributed by atoms with van der Waals surface area (Å²) in [5.41, 5.74) is 1.27. The highest BCUT2D eigenvalue weighted by Gasteiger charge is 2.04. The predicted molar refractivity (Wildman–Crippen MR) is 47.4 cm³/mol. The van der Waals surface area contributed by atoms with Gasteiger partial charge in [0.25, 0.3) is 5.91 Å². The van der Waals surface area contributed by atoms with E-state index in [9.17, 15) is 4.79 Å². The van der Waals surface area contributed by atoms with E-state index in [0.717, 1.165) is 5.69 Å². The molecule has 1 N–H and O–H groups in total. The number of amides is 1. The first kappa shape index (κ1) is 9.00. The second-order valence-electron chi connectivity index (χ2n) is 2.40. The standard InChI is InChI=1S/C8H9ClN2O/c1-5-3-6(8(12)10-2)4-7(9)11-5/h3-4H,1-2H3,(H,10,12). The topological polar surface area (TPSA) is 42.0 Å². The number of hydrogen-bond acceptors (Lipinski definition) is 2. The van der Waals surface area contributed by atoms with Crippen molar-refractivity contribution in [1.82, 2.24) is 10.3 Å². The highest BCUT2D eigenvalue weighted by atomic mass is 35.5. The van der Waals surface area contributed by atoms with Crippen LogP contribution in [0.4, 0.5) is 0 Å². The van der Waals surface area contributed by atoms with E-state index in [1.54, 1.807) is 20.0 Å². The number of aromatic nitrogens is 1. The predicted octanol–water partition coefficient (Wildman–Crippen LogP) is 1.40. The summed E-state index contributed by atoms with van der Waals surface area (Å²) in [4.78, 5) is 15.1. The van der Waals surface area contributed by atoms with Crippen LogP contribution < -0.4 is 5.32 Å². The molecule has 0 aromatic carbocycles. The van der Waals surface area contributed by atoms with Gasteiger partial charge in [0.2, 0.25) is 0 Å². The summed E-state index contributed by atoms with van der Waals surface area (Å²) in [5, 5.41) is 2.85. The van der Waals surface area contributed by atoms with Gasteiger partial charge in [-0.1, -0.05) is 11.6 Å². The Labute approximate surface area is 75.8 Å². The van der Waals surface area contributed by atoms with Crippen LogP contribution in [0, 0.1) is 6.92 Å². The van der Waals surface area contributed by atoms with Crippen molar-refractivity contribution in [3.05, 3.63) is 28.5 Å². The molecule has 0 unspecified atom stereocenters. The van der Waals surface area contributed by atoms with E-state index in [1.165, 1.54) is 6.07 Å². The fourth-order valence-corrected chi connectivity index (χ4v) is 1.15. The minimum Gasteiger partial charge on any atom is -0.355 e. The van der Waals surface area contributed by atoms with Crippen LogP contribution in [0.25, 0.3) is 0 Å². The highest BCUT2D eigenvalue weighted by molar-refractivity contribution is 6.29. The number of carbonyl (C=O) groups excluding carboxylic acids is 1. The lowest BCUT2D eigenvalue weighted by Gasteiger charge is -2.00. The average molecular weight is 185 g/mol. The van der Waals surface area contributed by atoms with Gasteiger partial charge in [-0.25, -0.2) is 4.98 Å². The summed E-state index contributed by atoms with van der Waals surface area (Å²) in [6, 6.07) is 3.22. The number of nitrogens with one attached hydrogen (secondary N) is 1. The highest BCUT2D eigenvalue weighted by Crippen LogP contribution is 2.09. The molecule has 1 aromatic rings. The lowest BCUT2D eigenvalue weighted by Crippen LogP contribution is -2.17. The van der Waals surface area contributed by atoms with E-state index < -0.39 is 0 Å². The second kappa shape index (κ2) is 3.54. The quantitative estimate of drug-likeness (QED) is 0.671. The molecule has 0 saturated carbocycles. The maximum Gasteiger partial charge on any atom is 0.251 e. The van der Waals surface area contributed by atoms with Gasteiger partial charge in [-0.3, -0.25) is 4.79 Å². The average Bonchev–Trinajstić information content (AvgIpc) is 2.01. The van der Waals surface area contributed by atoms with Crippen LogP contribution in [-0.2, 0) is 0 Å². The molecule has 0 aliphatic rings. The molecular weight excluding hydrogens is 176 g/mol. The van der Waals surface area contributed by atoms with E-state index in [0.29, 0.717) is 10.7 Å². The molecule has 1 amide bonds. The molecule has 0 bridgehead atoms. The van der Waals surface area contributed by atoms with Gasteiger partial charge < -0.3 is 5.32 Å². The first-order valence-corrected chi connectivity index (χ1v) is 3.87. The van der Waals surface area contributed by atoms with Gasteiger partial charge in [0.15, 0.2) is 0 Å². The fourth-order valence-electron chi connectivity index (χ4n) is 0.903. The van der Waals surface area contributed by atoms with Crippen molar-refractivity contribution in [2.45, 2.75) is 6.92 Å². The molecule has 64 valence electrons. The normalized spacial score (nSPS) is 9.58. The van der Waals surface area contributed by atoms with Gasteiger partial charge in [-0.05, 0) is 19.1 Å². The van der Waals surface area contributed by atoms with E-state index in [2.05, 4.69) is 10.3 Å². The third-order valence-electron chi connectivity index (χ3n) is 1.41. The van der Waals surface area contributed by atoms with Gasteiger partial charge in [-0.15, -0.1) is 0 Å². The van der Waals surface area contributed by atoms with Gasteiger partial charge in [0.1, 0.15) is 5.15 Å². The largest absolute Gasteiger partial charge is 0.355 e. The summed E-state index contributed by atoms with van der Waals surface area (Å²) in [6.45, 7) is 1.79. The monoisotopic (exact) mass is 184 g/mol. The Morgan fingerprint density at radius 3 is 2.75 bits per heavy atom. The molecule has 12 heavy (non-hydrogen) atoms. The molecule has 0 fully saturated rings. The molecule has 3 nitrogen and oxygen atoms in total. The Morgan fingerprint density at radius 1 is 1.58 bits per heavy atom. The molecule has 1 aromatic heterocycles. The van der Waals surface area contributed by atoms with Gasteiger partial charge in [0.05, 0.1) is 0 Å². The number of hydrogen-bond donors (Lipinski definition) is 1. The van der Waals surface area contributed by atoms with Crippen molar-refractivity contribution >= 4 is 17.5 Å². The fraction of sp³-hybridized carbons (Fsp3) is 0.250. The summed E-state index contributed by atoms with van der Waals surface area (Å²) in [7, 11) is 1.58. The van der Waals surface area contributed by atoms with Crippen LogP contribution in [0.3, 0.4) is 0 Å². The van der Waals surface area contributed by atoms with Crippen LogP contribution >= 0.6 is 11.6 Å². The minimum absolute atomic E-state index is 0.151. The maximum atomic E-state index is 11.1. The van der Waals surface area contributed by atoms with Gasteiger partial charge in [-0.2, -0.15) is 0 Å². The van der Waals surface area contributed by atoms with E-state index >= 15 is 0 Å². The van der Waals surface area contributed by atoms with Crippen LogP contribution in [0.1, 0.15) is 16.1 Å². The Bertz CT molecular complexity index is 292. The number of nitrogens with zero attached hydrogens (tertiary/aromatic N) is 1. The zero-order valence-corrected chi connectivity index (χ0v) is 7.64. The van der Waals surface area contributed by atoms with Crippen LogP contribution in [0.2, 0.25) is 5.15 Å². The number of pyridine rings is 1. The molecule has 0 atom stereocenters. The molecule has 0 spiro atoms. The molecule has 0 aliphatic heterocycles. The molecule has 1 rings (SSSR count). The Kier molecular flexibility index (Phi) is 2.65. The first-order valence-electron chi connectivity index (χ1n) is 3.50. The number of rotatable bonds is 1. The lowest BCUT2D eigenvalue weighted by molar-refractivity contribution is 0.0963. The number of halogens is 1. The summed E-state index contributed by atoms with van der Waals surface area (Å²) in [5.74, 6) is -0.151. The zero-order chi connectivity index (χ0) is 9.14. The molecule has 1 heterocycles. The third-order valence-corrected chi connectivity index (χ3v) is 1.61. The number of aryl methyl sites for hydroxylation is 1. The number of carbonyl (C=O) groups is 1. The van der Waals surface area contributed by atoms with E-state index in [-0.39, 0.29) is 5.91 Å². The van der Waals surface area contributed by atoms with Crippen LogP contribution in [-0.4, -0.2) is 17.9 Å². The van der Waals surface area contributed by atoms with Gasteiger partial charge in [0, 0.05) is 18.3 Å². The van der Waals surface area contributed by atoms with Crippen molar-refractivity contribution in [2.75, 3.05) is 7.05 Å². The zero-order valence-electron chi connectivity index (χ0n) is 6.89. The van der Waals surface area contributed by atoms with Crippen molar-refractivity contribution in [3.63, 3.8) is 0 Å². The Balaban J connectivity index is 3.08. The van der Waals surface area contributed by atoms with Crippen LogP contribution in [0.5, 0.6) is 0 Å². The molecular formula is C8H9ClN2O.